The highest BCUT2D eigenvalue weighted by Gasteiger charge is 2.22. The van der Waals surface area contributed by atoms with Crippen LogP contribution in [-0.2, 0) is 9.59 Å². The van der Waals surface area contributed by atoms with E-state index in [1.165, 1.54) is 42.1 Å². The number of nitrogens with zero attached hydrogens (tertiary/aromatic N) is 2. The molecule has 8 heteroatoms. The van der Waals surface area contributed by atoms with E-state index in [2.05, 4.69) is 5.32 Å². The van der Waals surface area contributed by atoms with Crippen molar-refractivity contribution in [2.45, 2.75) is 11.3 Å². The van der Waals surface area contributed by atoms with Crippen LogP contribution in [0, 0.1) is 11.6 Å². The van der Waals surface area contributed by atoms with Crippen molar-refractivity contribution in [3.63, 3.8) is 0 Å². The lowest BCUT2D eigenvalue weighted by Crippen LogP contribution is -2.50. The third kappa shape index (κ3) is 6.54. The summed E-state index contributed by atoms with van der Waals surface area (Å²) in [5.41, 5.74) is 0.553. The molecule has 0 spiro atoms. The molecule has 1 N–H and O–H groups in total. The third-order valence-electron chi connectivity index (χ3n) is 4.63. The molecule has 1 saturated heterocycles. The van der Waals surface area contributed by atoms with Gasteiger partial charge in [0.25, 0.3) is 0 Å². The number of benzene rings is 2. The second-order valence-electron chi connectivity index (χ2n) is 6.74. The van der Waals surface area contributed by atoms with Crippen molar-refractivity contribution in [1.82, 2.24) is 9.80 Å². The van der Waals surface area contributed by atoms with Crippen LogP contribution in [0.2, 0.25) is 0 Å². The van der Waals surface area contributed by atoms with Crippen molar-refractivity contribution in [1.29, 1.82) is 0 Å². The van der Waals surface area contributed by atoms with Crippen molar-refractivity contribution < 1.29 is 18.4 Å². The fourth-order valence-electron chi connectivity index (χ4n) is 3.06. The van der Waals surface area contributed by atoms with Gasteiger partial charge in [-0.3, -0.25) is 14.5 Å². The number of piperazine rings is 1. The molecular weight excluding hydrogens is 396 g/mol. The molecule has 0 atom stereocenters. The molecule has 0 aromatic heterocycles. The van der Waals surface area contributed by atoms with E-state index in [9.17, 15) is 18.4 Å². The number of hydrogen-bond acceptors (Lipinski definition) is 4. The predicted molar refractivity (Wildman–Crippen MR) is 110 cm³/mol. The maximum Gasteiger partial charge on any atom is 0.238 e. The number of halogens is 2. The Hall–Kier alpha value is -2.45. The molecule has 29 heavy (non-hydrogen) atoms. The fraction of sp³-hybridized carbons (Fsp3) is 0.333. The van der Waals surface area contributed by atoms with Gasteiger partial charge in [0.1, 0.15) is 11.6 Å². The van der Waals surface area contributed by atoms with Gasteiger partial charge in [-0.25, -0.2) is 8.78 Å². The Bertz CT molecular complexity index is 840. The predicted octanol–water partition coefficient (Wildman–Crippen LogP) is 3.23. The first-order valence-electron chi connectivity index (χ1n) is 9.44. The van der Waals surface area contributed by atoms with Crippen molar-refractivity contribution in [2.75, 3.05) is 43.8 Å². The van der Waals surface area contributed by atoms with Gasteiger partial charge in [0.15, 0.2) is 0 Å². The molecule has 0 unspecified atom stereocenters. The van der Waals surface area contributed by atoms with Gasteiger partial charge in [-0.1, -0.05) is 12.1 Å². The van der Waals surface area contributed by atoms with Crippen molar-refractivity contribution in [3.8, 4) is 0 Å². The zero-order chi connectivity index (χ0) is 20.6. The largest absolute Gasteiger partial charge is 0.340 e. The molecular formula is C21H23F2N3O2S. The van der Waals surface area contributed by atoms with E-state index >= 15 is 0 Å². The first kappa shape index (κ1) is 21.3. The molecule has 0 radical (unpaired) electrons. The molecule has 2 aromatic rings. The lowest BCUT2D eigenvalue weighted by atomic mass is 10.2. The minimum absolute atomic E-state index is 0.0456. The van der Waals surface area contributed by atoms with Crippen molar-refractivity contribution in [2.24, 2.45) is 0 Å². The van der Waals surface area contributed by atoms with Crippen LogP contribution in [0.25, 0.3) is 0 Å². The molecule has 0 saturated carbocycles. The maximum absolute atomic E-state index is 13.6. The second-order valence-corrected chi connectivity index (χ2v) is 7.88. The van der Waals surface area contributed by atoms with E-state index in [1.54, 1.807) is 23.1 Å². The number of thioether (sulfide) groups is 1. The van der Waals surface area contributed by atoms with E-state index in [4.69, 9.17) is 0 Å². The minimum Gasteiger partial charge on any atom is -0.340 e. The van der Waals surface area contributed by atoms with Crippen molar-refractivity contribution in [3.05, 3.63) is 60.2 Å². The fourth-order valence-corrected chi connectivity index (χ4v) is 3.94. The van der Waals surface area contributed by atoms with Crippen LogP contribution in [0.1, 0.15) is 6.42 Å². The van der Waals surface area contributed by atoms with Gasteiger partial charge in [-0.2, -0.15) is 0 Å². The van der Waals surface area contributed by atoms with Gasteiger partial charge >= 0.3 is 0 Å². The van der Waals surface area contributed by atoms with Gasteiger partial charge in [-0.05, 0) is 36.4 Å². The van der Waals surface area contributed by atoms with Crippen LogP contribution >= 0.6 is 11.8 Å². The van der Waals surface area contributed by atoms with Gasteiger partial charge in [-0.15, -0.1) is 11.8 Å². The number of rotatable bonds is 7. The summed E-state index contributed by atoms with van der Waals surface area (Å²) >= 11 is 1.34. The topological polar surface area (TPSA) is 52.7 Å². The highest BCUT2D eigenvalue weighted by molar-refractivity contribution is 7.99. The van der Waals surface area contributed by atoms with Gasteiger partial charge in [0, 0.05) is 48.9 Å². The van der Waals surface area contributed by atoms with Crippen LogP contribution in [0.4, 0.5) is 14.5 Å². The summed E-state index contributed by atoms with van der Waals surface area (Å²) in [6, 6.07) is 12.2. The highest BCUT2D eigenvalue weighted by Crippen LogP contribution is 2.22. The second kappa shape index (κ2) is 10.4. The van der Waals surface area contributed by atoms with Crippen LogP contribution in [0.3, 0.4) is 0 Å². The van der Waals surface area contributed by atoms with Crippen LogP contribution < -0.4 is 5.32 Å². The number of hydrogen-bond donors (Lipinski definition) is 1. The lowest BCUT2D eigenvalue weighted by molar-refractivity contribution is -0.132. The van der Waals surface area contributed by atoms with E-state index in [1.807, 2.05) is 4.90 Å². The zero-order valence-corrected chi connectivity index (χ0v) is 16.8. The van der Waals surface area contributed by atoms with E-state index in [0.29, 0.717) is 48.9 Å². The summed E-state index contributed by atoms with van der Waals surface area (Å²) in [5, 5.41) is 2.74. The molecule has 5 nitrogen and oxygen atoms in total. The summed E-state index contributed by atoms with van der Waals surface area (Å²) in [6.07, 6.45) is 0.351. The molecule has 0 bridgehead atoms. The minimum atomic E-state index is -0.351. The lowest BCUT2D eigenvalue weighted by Gasteiger charge is -2.34. The summed E-state index contributed by atoms with van der Waals surface area (Å²) in [7, 11) is 0. The van der Waals surface area contributed by atoms with Gasteiger partial charge in [0.05, 0.1) is 6.54 Å². The van der Waals surface area contributed by atoms with Gasteiger partial charge in [0.2, 0.25) is 11.8 Å². The maximum atomic E-state index is 13.6. The molecule has 2 amide bonds. The van der Waals surface area contributed by atoms with Crippen molar-refractivity contribution >= 4 is 29.3 Å². The summed E-state index contributed by atoms with van der Waals surface area (Å²) in [4.78, 5) is 28.8. The normalized spacial score (nSPS) is 14.6. The van der Waals surface area contributed by atoms with Crippen LogP contribution in [0.15, 0.2) is 53.4 Å². The van der Waals surface area contributed by atoms with E-state index in [0.717, 1.165) is 0 Å². The monoisotopic (exact) mass is 419 g/mol. The average Bonchev–Trinajstić information content (AvgIpc) is 2.71. The first-order chi connectivity index (χ1) is 14.0. The molecule has 1 fully saturated rings. The Labute approximate surface area is 173 Å². The Kier molecular flexibility index (Phi) is 7.60. The van der Waals surface area contributed by atoms with E-state index < -0.39 is 0 Å². The van der Waals surface area contributed by atoms with Crippen LogP contribution in [0.5, 0.6) is 0 Å². The number of anilines is 1. The molecule has 1 aliphatic heterocycles. The Morgan fingerprint density at radius 2 is 1.66 bits per heavy atom. The SMILES string of the molecule is O=C(CN1CCN(C(=O)CCSc2ccccc2F)CC1)Nc1ccc(F)cc1. The molecule has 2 aromatic carbocycles. The molecule has 0 aliphatic carbocycles. The summed E-state index contributed by atoms with van der Waals surface area (Å²) in [6.45, 7) is 2.58. The van der Waals surface area contributed by atoms with Gasteiger partial charge < -0.3 is 10.2 Å². The zero-order valence-electron chi connectivity index (χ0n) is 15.9. The Morgan fingerprint density at radius 3 is 2.34 bits per heavy atom. The molecule has 3 rings (SSSR count). The quantitative estimate of drug-likeness (QED) is 0.701. The number of carbonyl (C=O) groups excluding carboxylic acids is 2. The molecule has 1 heterocycles. The third-order valence-corrected chi connectivity index (χ3v) is 5.68. The first-order valence-corrected chi connectivity index (χ1v) is 10.4. The summed E-state index contributed by atoms with van der Waals surface area (Å²) < 4.78 is 26.5. The molecule has 154 valence electrons. The summed E-state index contributed by atoms with van der Waals surface area (Å²) in [5.74, 6) is -0.212. The smallest absolute Gasteiger partial charge is 0.238 e. The number of amides is 2. The highest BCUT2D eigenvalue weighted by atomic mass is 32.2. The average molecular weight is 419 g/mol. The number of carbonyl (C=O) groups is 2. The molecule has 1 aliphatic rings. The Morgan fingerprint density at radius 1 is 0.966 bits per heavy atom. The Balaban J connectivity index is 1.36. The van der Waals surface area contributed by atoms with E-state index in [-0.39, 0.29) is 30.0 Å². The van der Waals surface area contributed by atoms with Crippen LogP contribution in [-0.4, -0.2) is 60.1 Å². The standard InChI is InChI=1S/C21H23F2N3O2S/c22-16-5-7-17(8-6-16)24-20(27)15-25-10-12-26(13-11-25)21(28)9-14-29-19-4-2-1-3-18(19)23/h1-8H,9-15H2,(H,24,27). The number of nitrogens with one attached hydrogen (secondary N) is 1.